The van der Waals surface area contributed by atoms with Crippen molar-refractivity contribution in [1.82, 2.24) is 0 Å². The first-order chi connectivity index (χ1) is 18.7. The third-order valence-corrected chi connectivity index (χ3v) is 6.45. The van der Waals surface area contributed by atoms with Crippen molar-refractivity contribution in [2.75, 3.05) is 0 Å². The molecule has 0 fully saturated rings. The molecule has 0 aliphatic rings. The molecule has 0 heterocycles. The lowest BCUT2D eigenvalue weighted by Gasteiger charge is -2.27. The van der Waals surface area contributed by atoms with Crippen LogP contribution in [0.15, 0.2) is 24.3 Å². The molecule has 8 heteroatoms. The van der Waals surface area contributed by atoms with Crippen LogP contribution in [-0.4, -0.2) is 42.6 Å². The summed E-state index contributed by atoms with van der Waals surface area (Å²) in [6, 6.07) is 6.57. The van der Waals surface area contributed by atoms with Gasteiger partial charge in [0.2, 0.25) is 0 Å². The molecule has 0 bridgehead atoms. The Balaban J connectivity index is 0.000000620. The number of rotatable bonds is 5. The number of aliphatic carboxylic acids is 2. The van der Waals surface area contributed by atoms with Crippen LogP contribution in [0.2, 0.25) is 0 Å². The van der Waals surface area contributed by atoms with Gasteiger partial charge in [0.1, 0.15) is 23.0 Å². The second-order valence-corrected chi connectivity index (χ2v) is 14.8. The summed E-state index contributed by atoms with van der Waals surface area (Å²) >= 11 is 0. The monoisotopic (exact) mass is 590 g/mol. The molecular weight excluding hydrogens is 536 g/mol. The Kier molecular flexibility index (Phi) is 13.5. The standard InChI is InChI=1S/2C14H22O2.C6H10O4/c2*1-13(2,3)10-7-9(15)8-11(12(10)16)14(4,5)6;7-5(8)3-1-2-4-6(9)10/h2*7-8,15-16H,1-6H3;1-4H2,(H,7,8)(H,9,10). The van der Waals surface area contributed by atoms with Crippen LogP contribution in [0.4, 0.5) is 0 Å². The van der Waals surface area contributed by atoms with Gasteiger partial charge in [-0.1, -0.05) is 83.1 Å². The predicted molar refractivity (Wildman–Crippen MR) is 168 cm³/mol. The van der Waals surface area contributed by atoms with Gasteiger partial charge in [0, 0.05) is 35.1 Å². The fourth-order valence-corrected chi connectivity index (χ4v) is 4.08. The van der Waals surface area contributed by atoms with Crippen LogP contribution in [-0.2, 0) is 31.2 Å². The highest BCUT2D eigenvalue weighted by Crippen LogP contribution is 2.42. The molecule has 0 unspecified atom stereocenters. The number of benzene rings is 2. The van der Waals surface area contributed by atoms with Crippen LogP contribution in [0.3, 0.4) is 0 Å². The predicted octanol–water partition coefficient (Wildman–Crippen LogP) is 8.10. The zero-order chi connectivity index (χ0) is 33.4. The van der Waals surface area contributed by atoms with Gasteiger partial charge in [-0.25, -0.2) is 0 Å². The van der Waals surface area contributed by atoms with Crippen molar-refractivity contribution in [3.63, 3.8) is 0 Å². The number of carboxylic acids is 2. The van der Waals surface area contributed by atoms with Gasteiger partial charge in [-0.05, 0) is 58.8 Å². The molecule has 0 saturated carbocycles. The largest absolute Gasteiger partial charge is 0.508 e. The van der Waals surface area contributed by atoms with E-state index in [0.717, 1.165) is 22.3 Å². The minimum absolute atomic E-state index is 0.0628. The van der Waals surface area contributed by atoms with Crippen molar-refractivity contribution >= 4 is 11.9 Å². The molecule has 0 saturated heterocycles. The molecule has 0 aliphatic heterocycles. The van der Waals surface area contributed by atoms with Gasteiger partial charge in [-0.2, -0.15) is 0 Å². The lowest BCUT2D eigenvalue weighted by molar-refractivity contribution is -0.139. The molecule has 6 N–H and O–H groups in total. The Hall–Kier alpha value is -3.42. The normalized spacial score (nSPS) is 12.0. The third-order valence-electron chi connectivity index (χ3n) is 6.45. The van der Waals surface area contributed by atoms with E-state index in [1.807, 2.05) is 83.1 Å². The highest BCUT2D eigenvalue weighted by atomic mass is 16.4. The SMILES string of the molecule is CC(C)(C)c1cc(O)cc(C(C)(C)C)c1O.CC(C)(C)c1cc(O)cc(C(C)(C)C)c1O.O=C(O)CCCCC(=O)O. The average molecular weight is 591 g/mol. The smallest absolute Gasteiger partial charge is 0.303 e. The van der Waals surface area contributed by atoms with Crippen molar-refractivity contribution in [3.05, 3.63) is 46.5 Å². The number of hydrogen-bond donors (Lipinski definition) is 6. The van der Waals surface area contributed by atoms with E-state index in [-0.39, 0.29) is 46.0 Å². The topological polar surface area (TPSA) is 156 Å². The zero-order valence-corrected chi connectivity index (χ0v) is 27.6. The van der Waals surface area contributed by atoms with Crippen LogP contribution in [0.5, 0.6) is 23.0 Å². The molecule has 238 valence electrons. The number of unbranched alkanes of at least 4 members (excludes halogenated alkanes) is 1. The molecule has 2 rings (SSSR count). The third kappa shape index (κ3) is 13.0. The Morgan fingerprint density at radius 1 is 0.476 bits per heavy atom. The van der Waals surface area contributed by atoms with Crippen LogP contribution in [0, 0.1) is 0 Å². The number of aromatic hydroxyl groups is 4. The molecule has 2 aromatic rings. The first-order valence-corrected chi connectivity index (χ1v) is 14.3. The molecular formula is C34H54O8. The summed E-state index contributed by atoms with van der Waals surface area (Å²) in [4.78, 5) is 19.8. The molecule has 2 aromatic carbocycles. The summed E-state index contributed by atoms with van der Waals surface area (Å²) in [5.74, 6) is -0.702. The van der Waals surface area contributed by atoms with Crippen molar-refractivity contribution in [2.45, 2.75) is 130 Å². The summed E-state index contributed by atoms with van der Waals surface area (Å²) in [5.41, 5.74) is 2.45. The summed E-state index contributed by atoms with van der Waals surface area (Å²) in [5, 5.41) is 56.3. The molecule has 0 aliphatic carbocycles. The first kappa shape index (κ1) is 38.6. The minimum atomic E-state index is -0.870. The van der Waals surface area contributed by atoms with Gasteiger partial charge in [0.15, 0.2) is 0 Å². The van der Waals surface area contributed by atoms with Gasteiger partial charge in [0.05, 0.1) is 0 Å². The fourth-order valence-electron chi connectivity index (χ4n) is 4.08. The maximum absolute atomic E-state index is 10.3. The van der Waals surface area contributed by atoms with E-state index in [1.165, 1.54) is 0 Å². The van der Waals surface area contributed by atoms with Gasteiger partial charge in [0.25, 0.3) is 0 Å². The van der Waals surface area contributed by atoms with E-state index < -0.39 is 11.9 Å². The van der Waals surface area contributed by atoms with E-state index >= 15 is 0 Å². The van der Waals surface area contributed by atoms with Crippen LogP contribution >= 0.6 is 0 Å². The quantitative estimate of drug-likeness (QED) is 0.151. The van der Waals surface area contributed by atoms with Crippen molar-refractivity contribution < 1.29 is 40.2 Å². The number of hydrogen-bond acceptors (Lipinski definition) is 6. The van der Waals surface area contributed by atoms with E-state index in [1.54, 1.807) is 24.3 Å². The fraction of sp³-hybridized carbons (Fsp3) is 0.588. The Bertz CT molecular complexity index is 1030. The zero-order valence-electron chi connectivity index (χ0n) is 27.6. The molecule has 0 amide bonds. The van der Waals surface area contributed by atoms with E-state index in [2.05, 4.69) is 0 Å². The molecule has 42 heavy (non-hydrogen) atoms. The van der Waals surface area contributed by atoms with Crippen molar-refractivity contribution in [1.29, 1.82) is 0 Å². The average Bonchev–Trinajstić information content (AvgIpc) is 2.77. The Labute approximate surface area is 252 Å². The second kappa shape index (κ2) is 14.7. The first-order valence-electron chi connectivity index (χ1n) is 14.3. The molecule has 8 nitrogen and oxygen atoms in total. The number of carbonyl (C=O) groups is 2. The van der Waals surface area contributed by atoms with Crippen LogP contribution in [0.25, 0.3) is 0 Å². The van der Waals surface area contributed by atoms with Gasteiger partial charge >= 0.3 is 11.9 Å². The maximum Gasteiger partial charge on any atom is 0.303 e. The van der Waals surface area contributed by atoms with Crippen LogP contribution < -0.4 is 0 Å². The summed E-state index contributed by atoms with van der Waals surface area (Å²) < 4.78 is 0. The van der Waals surface area contributed by atoms with Gasteiger partial charge in [-0.15, -0.1) is 0 Å². The Morgan fingerprint density at radius 2 is 0.667 bits per heavy atom. The van der Waals surface area contributed by atoms with E-state index in [9.17, 15) is 30.0 Å². The summed E-state index contributed by atoms with van der Waals surface area (Å²) in [7, 11) is 0. The number of carboxylic acid groups (broad SMARTS) is 2. The number of phenols is 4. The lowest BCUT2D eigenvalue weighted by Crippen LogP contribution is -2.16. The van der Waals surface area contributed by atoms with Gasteiger partial charge < -0.3 is 30.6 Å². The minimum Gasteiger partial charge on any atom is -0.508 e. The number of phenolic OH excluding ortho intramolecular Hbond substituents is 4. The van der Waals surface area contributed by atoms with E-state index in [0.29, 0.717) is 24.3 Å². The molecule has 0 radical (unpaired) electrons. The highest BCUT2D eigenvalue weighted by Gasteiger charge is 2.27. The van der Waals surface area contributed by atoms with Crippen molar-refractivity contribution in [2.24, 2.45) is 0 Å². The molecule has 0 spiro atoms. The lowest BCUT2D eigenvalue weighted by atomic mass is 9.79. The maximum atomic E-state index is 10.3. The Morgan fingerprint density at radius 3 is 0.810 bits per heavy atom. The summed E-state index contributed by atoms with van der Waals surface area (Å²) in [6.07, 6.45) is 1.02. The van der Waals surface area contributed by atoms with Crippen molar-refractivity contribution in [3.8, 4) is 23.0 Å². The molecule has 0 atom stereocenters. The highest BCUT2D eigenvalue weighted by molar-refractivity contribution is 5.68. The van der Waals surface area contributed by atoms with Crippen LogP contribution in [0.1, 0.15) is 131 Å². The van der Waals surface area contributed by atoms with E-state index in [4.69, 9.17) is 10.2 Å². The summed E-state index contributed by atoms with van der Waals surface area (Å²) in [6.45, 7) is 24.3. The second-order valence-electron chi connectivity index (χ2n) is 14.8. The van der Waals surface area contributed by atoms with Gasteiger partial charge in [-0.3, -0.25) is 9.59 Å². The molecule has 0 aromatic heterocycles.